The average molecular weight is 255 g/mol. The number of hydrogen-bond donors (Lipinski definition) is 1. The van der Waals surface area contributed by atoms with Gasteiger partial charge in [-0.05, 0) is 28.1 Å². The van der Waals surface area contributed by atoms with E-state index in [9.17, 15) is 4.79 Å². The molecule has 0 radical (unpaired) electrons. The Morgan fingerprint density at radius 2 is 2.29 bits per heavy atom. The van der Waals surface area contributed by atoms with Crippen molar-refractivity contribution in [2.75, 3.05) is 5.73 Å². The molecular formula is C9H7BrN2O2. The predicted molar refractivity (Wildman–Crippen MR) is 56.1 cm³/mol. The Morgan fingerprint density at radius 3 is 2.93 bits per heavy atom. The highest BCUT2D eigenvalue weighted by atomic mass is 79.9. The fourth-order valence-electron chi connectivity index (χ4n) is 1.23. The van der Waals surface area contributed by atoms with Crippen LogP contribution in [0, 0.1) is 0 Å². The number of carbonyl (C=O) groups is 1. The van der Waals surface area contributed by atoms with E-state index in [0.29, 0.717) is 21.4 Å². The van der Waals surface area contributed by atoms with Crippen LogP contribution in [0.5, 0.6) is 0 Å². The van der Waals surface area contributed by atoms with E-state index >= 15 is 0 Å². The lowest BCUT2D eigenvalue weighted by Gasteiger charge is -1.90. The molecule has 2 rings (SSSR count). The summed E-state index contributed by atoms with van der Waals surface area (Å²) in [5.41, 5.74) is 7.05. The number of fused-ring (bicyclic) bond motifs is 1. The number of furan rings is 1. The van der Waals surface area contributed by atoms with Crippen LogP contribution in [0.1, 0.15) is 17.5 Å². The molecule has 0 unspecified atom stereocenters. The molecule has 14 heavy (non-hydrogen) atoms. The normalized spacial score (nSPS) is 10.7. The van der Waals surface area contributed by atoms with E-state index in [-0.39, 0.29) is 11.5 Å². The van der Waals surface area contributed by atoms with Gasteiger partial charge in [0.05, 0.1) is 0 Å². The van der Waals surface area contributed by atoms with Crippen molar-refractivity contribution in [3.8, 4) is 0 Å². The molecule has 2 heterocycles. The van der Waals surface area contributed by atoms with Gasteiger partial charge in [0.2, 0.25) is 0 Å². The molecule has 0 atom stereocenters. The fraction of sp³-hybridized carbons (Fsp3) is 0.111. The molecule has 0 aliphatic rings. The lowest BCUT2D eigenvalue weighted by Crippen LogP contribution is -1.95. The van der Waals surface area contributed by atoms with Gasteiger partial charge in [-0.25, -0.2) is 4.98 Å². The minimum atomic E-state index is -0.198. The standard InChI is InChI=1S/C9H7BrN2O2/c1-4(13)9-7(11)8-5(14-9)2-3-6(10)12-8/h2-3H,11H2,1H3. The van der Waals surface area contributed by atoms with Crippen molar-refractivity contribution in [1.29, 1.82) is 0 Å². The summed E-state index contributed by atoms with van der Waals surface area (Å²) in [4.78, 5) is 15.2. The number of nitrogens with two attached hydrogens (primary N) is 1. The number of ketones is 1. The van der Waals surface area contributed by atoms with Gasteiger partial charge in [0.1, 0.15) is 15.8 Å². The number of halogens is 1. The van der Waals surface area contributed by atoms with Crippen molar-refractivity contribution in [3.63, 3.8) is 0 Å². The maximum absolute atomic E-state index is 11.1. The SMILES string of the molecule is CC(=O)c1oc2ccc(Br)nc2c1N. The minimum absolute atomic E-state index is 0.172. The topological polar surface area (TPSA) is 69.1 Å². The molecule has 0 aliphatic carbocycles. The maximum Gasteiger partial charge on any atom is 0.197 e. The van der Waals surface area contributed by atoms with Crippen molar-refractivity contribution >= 4 is 38.5 Å². The largest absolute Gasteiger partial charge is 0.449 e. The summed E-state index contributed by atoms with van der Waals surface area (Å²) in [5.74, 6) is -0.0257. The van der Waals surface area contributed by atoms with Crippen LogP contribution in [0.3, 0.4) is 0 Å². The predicted octanol–water partition coefficient (Wildman–Crippen LogP) is 2.38. The zero-order valence-corrected chi connectivity index (χ0v) is 8.96. The highest BCUT2D eigenvalue weighted by molar-refractivity contribution is 9.10. The first-order valence-electron chi connectivity index (χ1n) is 3.95. The van der Waals surface area contributed by atoms with Crippen LogP contribution in [0.4, 0.5) is 5.69 Å². The summed E-state index contributed by atoms with van der Waals surface area (Å²) < 4.78 is 5.92. The molecule has 2 aromatic rings. The molecular weight excluding hydrogens is 248 g/mol. The molecule has 0 saturated carbocycles. The van der Waals surface area contributed by atoms with Crippen LogP contribution in [-0.4, -0.2) is 10.8 Å². The molecule has 0 aliphatic heterocycles. The van der Waals surface area contributed by atoms with Gasteiger partial charge < -0.3 is 10.2 Å². The van der Waals surface area contributed by atoms with Crippen LogP contribution in [0.2, 0.25) is 0 Å². The quantitative estimate of drug-likeness (QED) is 0.627. The van der Waals surface area contributed by atoms with Crippen molar-refractivity contribution in [2.45, 2.75) is 6.92 Å². The molecule has 0 fully saturated rings. The van der Waals surface area contributed by atoms with Crippen molar-refractivity contribution in [3.05, 3.63) is 22.5 Å². The Kier molecular flexibility index (Phi) is 2.03. The fourth-order valence-corrected chi connectivity index (χ4v) is 1.54. The van der Waals surface area contributed by atoms with E-state index in [4.69, 9.17) is 10.2 Å². The highest BCUT2D eigenvalue weighted by Gasteiger charge is 2.15. The zero-order chi connectivity index (χ0) is 10.3. The third-order valence-corrected chi connectivity index (χ3v) is 2.30. The first kappa shape index (κ1) is 9.21. The van der Waals surface area contributed by atoms with E-state index in [1.165, 1.54) is 6.92 Å². The first-order chi connectivity index (χ1) is 6.59. The third-order valence-electron chi connectivity index (χ3n) is 1.86. The summed E-state index contributed by atoms with van der Waals surface area (Å²) in [7, 11) is 0. The van der Waals surface area contributed by atoms with Gasteiger partial charge in [-0.1, -0.05) is 0 Å². The number of Topliss-reactive ketones (excluding diaryl/α,β-unsaturated/α-hetero) is 1. The second-order valence-corrected chi connectivity index (χ2v) is 3.69. The summed E-state index contributed by atoms with van der Waals surface area (Å²) >= 11 is 3.22. The number of carbonyl (C=O) groups excluding carboxylic acids is 1. The summed E-state index contributed by atoms with van der Waals surface area (Å²) in [6.45, 7) is 1.41. The second-order valence-electron chi connectivity index (χ2n) is 2.88. The second kappa shape index (κ2) is 3.09. The van der Waals surface area contributed by atoms with Crippen molar-refractivity contribution in [1.82, 2.24) is 4.98 Å². The van der Waals surface area contributed by atoms with E-state index in [2.05, 4.69) is 20.9 Å². The molecule has 0 aromatic carbocycles. The Labute approximate surface area is 88.2 Å². The van der Waals surface area contributed by atoms with Crippen molar-refractivity contribution in [2.24, 2.45) is 0 Å². The number of pyridine rings is 1. The maximum atomic E-state index is 11.1. The molecule has 0 amide bonds. The molecule has 72 valence electrons. The van der Waals surface area contributed by atoms with Gasteiger partial charge in [-0.3, -0.25) is 4.79 Å². The summed E-state index contributed by atoms with van der Waals surface area (Å²) in [5, 5.41) is 0. The Morgan fingerprint density at radius 1 is 1.57 bits per heavy atom. The van der Waals surface area contributed by atoms with Gasteiger partial charge >= 0.3 is 0 Å². The third kappa shape index (κ3) is 1.29. The Bertz CT molecular complexity index is 519. The number of hydrogen-bond acceptors (Lipinski definition) is 4. The van der Waals surface area contributed by atoms with Gasteiger partial charge in [0.25, 0.3) is 0 Å². The smallest absolute Gasteiger partial charge is 0.197 e. The van der Waals surface area contributed by atoms with Crippen LogP contribution < -0.4 is 5.73 Å². The van der Waals surface area contributed by atoms with Crippen LogP contribution in [0.25, 0.3) is 11.1 Å². The highest BCUT2D eigenvalue weighted by Crippen LogP contribution is 2.28. The van der Waals surface area contributed by atoms with Crippen molar-refractivity contribution < 1.29 is 9.21 Å². The lowest BCUT2D eigenvalue weighted by molar-refractivity contribution is 0.0990. The molecule has 2 N–H and O–H groups in total. The van der Waals surface area contributed by atoms with E-state index in [1.807, 2.05) is 0 Å². The van der Waals surface area contributed by atoms with Gasteiger partial charge in [0.15, 0.2) is 17.1 Å². The van der Waals surface area contributed by atoms with Gasteiger partial charge in [-0.2, -0.15) is 0 Å². The molecule has 4 nitrogen and oxygen atoms in total. The number of rotatable bonds is 1. The number of nitrogen functional groups attached to an aromatic ring is 1. The summed E-state index contributed by atoms with van der Waals surface area (Å²) in [6, 6.07) is 3.45. The molecule has 5 heteroatoms. The lowest BCUT2D eigenvalue weighted by atomic mass is 10.3. The van der Waals surface area contributed by atoms with Crippen LogP contribution in [-0.2, 0) is 0 Å². The first-order valence-corrected chi connectivity index (χ1v) is 4.74. The van der Waals surface area contributed by atoms with Gasteiger partial charge in [0, 0.05) is 6.92 Å². The zero-order valence-electron chi connectivity index (χ0n) is 7.37. The molecule has 0 saturated heterocycles. The number of anilines is 1. The van der Waals surface area contributed by atoms with E-state index in [0.717, 1.165) is 0 Å². The monoisotopic (exact) mass is 254 g/mol. The Hall–Kier alpha value is -1.36. The molecule has 0 bridgehead atoms. The molecule has 2 aromatic heterocycles. The summed E-state index contributed by atoms with van der Waals surface area (Å²) in [6.07, 6.45) is 0. The minimum Gasteiger partial charge on any atom is -0.449 e. The number of aromatic nitrogens is 1. The van der Waals surface area contributed by atoms with Gasteiger partial charge in [-0.15, -0.1) is 0 Å². The van der Waals surface area contributed by atoms with E-state index < -0.39 is 0 Å². The number of nitrogens with zero attached hydrogens (tertiary/aromatic N) is 1. The van der Waals surface area contributed by atoms with Crippen LogP contribution >= 0.6 is 15.9 Å². The average Bonchev–Trinajstić information content (AvgIpc) is 2.44. The van der Waals surface area contributed by atoms with Crippen LogP contribution in [0.15, 0.2) is 21.2 Å². The van der Waals surface area contributed by atoms with E-state index in [1.54, 1.807) is 12.1 Å². The Balaban J connectivity index is 2.80. The molecule has 0 spiro atoms.